The molecule has 0 radical (unpaired) electrons. The van der Waals surface area contributed by atoms with Crippen LogP contribution in [0.4, 0.5) is 0 Å². The molecule has 0 aliphatic carbocycles. The maximum Gasteiger partial charge on any atom is 0.223 e. The third-order valence-corrected chi connectivity index (χ3v) is 5.51. The molecule has 0 spiro atoms. The number of furan rings is 1. The molecule has 2 atom stereocenters. The summed E-state index contributed by atoms with van der Waals surface area (Å²) >= 11 is 0. The molecule has 1 N–H and O–H groups in total. The lowest BCUT2D eigenvalue weighted by Gasteiger charge is -2.45. The average Bonchev–Trinajstić information content (AvgIpc) is 3.08. The second-order valence-electron chi connectivity index (χ2n) is 7.04. The number of rotatable bonds is 4. The summed E-state index contributed by atoms with van der Waals surface area (Å²) in [5.41, 5.74) is 1.13. The van der Waals surface area contributed by atoms with E-state index < -0.39 is 0 Å². The maximum absolute atomic E-state index is 12.5. The van der Waals surface area contributed by atoms with Crippen LogP contribution in [0.5, 0.6) is 5.75 Å². The number of benzene rings is 1. The van der Waals surface area contributed by atoms with Gasteiger partial charge in [-0.05, 0) is 47.6 Å². The van der Waals surface area contributed by atoms with Crippen molar-refractivity contribution in [2.45, 2.75) is 38.5 Å². The topological polar surface area (TPSA) is 53.7 Å². The van der Waals surface area contributed by atoms with Gasteiger partial charge >= 0.3 is 0 Å². The highest BCUT2D eigenvalue weighted by molar-refractivity contribution is 5.76. The molecule has 2 aromatic rings. The van der Waals surface area contributed by atoms with Gasteiger partial charge in [-0.3, -0.25) is 4.79 Å². The number of likely N-dealkylation sites (tertiary alicyclic amines) is 1. The van der Waals surface area contributed by atoms with E-state index in [1.165, 1.54) is 0 Å². The lowest BCUT2D eigenvalue weighted by Crippen LogP contribution is -2.49. The van der Waals surface area contributed by atoms with Gasteiger partial charge in [-0.25, -0.2) is 0 Å². The zero-order valence-corrected chi connectivity index (χ0v) is 14.4. The lowest BCUT2D eigenvalue weighted by molar-refractivity contribution is -0.134. The normalized spacial score (nSPS) is 24.1. The van der Waals surface area contributed by atoms with Crippen molar-refractivity contribution in [3.8, 4) is 5.75 Å². The van der Waals surface area contributed by atoms with Crippen molar-refractivity contribution in [3.63, 3.8) is 0 Å². The van der Waals surface area contributed by atoms with E-state index in [2.05, 4.69) is 19.9 Å². The van der Waals surface area contributed by atoms with Crippen LogP contribution in [0.15, 0.2) is 47.1 Å². The van der Waals surface area contributed by atoms with Crippen molar-refractivity contribution in [3.05, 3.63) is 54.0 Å². The highest BCUT2D eigenvalue weighted by Crippen LogP contribution is 2.40. The van der Waals surface area contributed by atoms with Crippen molar-refractivity contribution < 1.29 is 14.3 Å². The standard InChI is InChI=1S/C20H25NO3/c1-15-14-21(19(23)9-8-18-7-4-12-24-18)11-10-20(15,2)16-5-3-6-17(22)13-16/h3-7,12-13,15,22H,8-11,14H2,1-2H3/t15-,20+/m0/s1. The number of phenols is 1. The van der Waals surface area contributed by atoms with Crippen LogP contribution < -0.4 is 0 Å². The van der Waals surface area contributed by atoms with Crippen LogP contribution in [0.1, 0.15) is 38.0 Å². The van der Waals surface area contributed by atoms with E-state index >= 15 is 0 Å². The van der Waals surface area contributed by atoms with E-state index in [4.69, 9.17) is 4.42 Å². The predicted octanol–water partition coefficient (Wildman–Crippen LogP) is 3.74. The molecule has 4 nitrogen and oxygen atoms in total. The molecule has 1 aromatic heterocycles. The number of piperidine rings is 1. The Balaban J connectivity index is 1.63. The van der Waals surface area contributed by atoms with Crippen LogP contribution in [0.3, 0.4) is 0 Å². The predicted molar refractivity (Wildman–Crippen MR) is 92.8 cm³/mol. The largest absolute Gasteiger partial charge is 0.508 e. The second kappa shape index (κ2) is 6.71. The molecule has 0 saturated carbocycles. The number of nitrogens with zero attached hydrogens (tertiary/aromatic N) is 1. The average molecular weight is 327 g/mol. The van der Waals surface area contributed by atoms with Gasteiger partial charge < -0.3 is 14.4 Å². The third-order valence-electron chi connectivity index (χ3n) is 5.51. The Labute approximate surface area is 143 Å². The minimum Gasteiger partial charge on any atom is -0.508 e. The number of carbonyl (C=O) groups is 1. The molecule has 128 valence electrons. The number of amides is 1. The Hall–Kier alpha value is -2.23. The first-order chi connectivity index (χ1) is 11.5. The molecule has 1 aromatic carbocycles. The zero-order valence-electron chi connectivity index (χ0n) is 14.4. The van der Waals surface area contributed by atoms with Crippen LogP contribution in [0, 0.1) is 5.92 Å². The molecule has 1 fully saturated rings. The quantitative estimate of drug-likeness (QED) is 0.930. The molecule has 3 rings (SSSR count). The first-order valence-corrected chi connectivity index (χ1v) is 8.59. The smallest absolute Gasteiger partial charge is 0.223 e. The zero-order chi connectivity index (χ0) is 17.2. The molecule has 1 aliphatic rings. The van der Waals surface area contributed by atoms with Crippen LogP contribution in [0.2, 0.25) is 0 Å². The van der Waals surface area contributed by atoms with Crippen molar-refractivity contribution in [1.82, 2.24) is 4.90 Å². The van der Waals surface area contributed by atoms with E-state index in [1.807, 2.05) is 29.2 Å². The number of carbonyl (C=O) groups excluding carboxylic acids is 1. The van der Waals surface area contributed by atoms with E-state index in [0.29, 0.717) is 24.5 Å². The van der Waals surface area contributed by atoms with Gasteiger partial charge in [-0.15, -0.1) is 0 Å². The first-order valence-electron chi connectivity index (χ1n) is 8.59. The van der Waals surface area contributed by atoms with E-state index in [1.54, 1.807) is 12.3 Å². The Morgan fingerprint density at radius 1 is 1.38 bits per heavy atom. The van der Waals surface area contributed by atoms with Crippen LogP contribution in [-0.2, 0) is 16.6 Å². The monoisotopic (exact) mass is 327 g/mol. The molecule has 2 heterocycles. The number of hydrogen-bond acceptors (Lipinski definition) is 3. The van der Waals surface area contributed by atoms with E-state index in [0.717, 1.165) is 30.8 Å². The number of aromatic hydroxyl groups is 1. The molecule has 0 bridgehead atoms. The highest BCUT2D eigenvalue weighted by atomic mass is 16.3. The van der Waals surface area contributed by atoms with Gasteiger partial charge in [0.25, 0.3) is 0 Å². The lowest BCUT2D eigenvalue weighted by atomic mass is 9.68. The minimum absolute atomic E-state index is 0.0173. The summed E-state index contributed by atoms with van der Waals surface area (Å²) in [6.45, 7) is 5.93. The fraction of sp³-hybridized carbons (Fsp3) is 0.450. The molecule has 24 heavy (non-hydrogen) atoms. The van der Waals surface area contributed by atoms with Crippen molar-refractivity contribution in [2.24, 2.45) is 5.92 Å². The third kappa shape index (κ3) is 3.32. The summed E-state index contributed by atoms with van der Waals surface area (Å²) in [6.07, 6.45) is 3.69. The Kier molecular flexibility index (Phi) is 4.65. The highest BCUT2D eigenvalue weighted by Gasteiger charge is 2.39. The molecular formula is C20H25NO3. The van der Waals surface area contributed by atoms with E-state index in [-0.39, 0.29) is 11.3 Å². The van der Waals surface area contributed by atoms with Crippen molar-refractivity contribution >= 4 is 5.91 Å². The maximum atomic E-state index is 12.5. The van der Waals surface area contributed by atoms with Gasteiger partial charge in [-0.1, -0.05) is 26.0 Å². The summed E-state index contributed by atoms with van der Waals surface area (Å²) in [4.78, 5) is 14.5. The summed E-state index contributed by atoms with van der Waals surface area (Å²) in [7, 11) is 0. The molecule has 1 saturated heterocycles. The Bertz CT molecular complexity index is 695. The number of aryl methyl sites for hydroxylation is 1. The fourth-order valence-corrected chi connectivity index (χ4v) is 3.60. The molecule has 0 unspecified atom stereocenters. The molecule has 1 amide bonds. The van der Waals surface area contributed by atoms with Crippen molar-refractivity contribution in [2.75, 3.05) is 13.1 Å². The number of phenolic OH excluding ortho intramolecular Hbond substituents is 1. The Morgan fingerprint density at radius 2 is 2.21 bits per heavy atom. The summed E-state index contributed by atoms with van der Waals surface area (Å²) < 4.78 is 5.30. The van der Waals surface area contributed by atoms with Gasteiger partial charge in [0, 0.05) is 25.9 Å². The number of hydrogen-bond donors (Lipinski definition) is 1. The second-order valence-corrected chi connectivity index (χ2v) is 7.04. The van der Waals surface area contributed by atoms with Crippen LogP contribution in [0.25, 0.3) is 0 Å². The summed E-state index contributed by atoms with van der Waals surface area (Å²) in [5, 5.41) is 9.77. The molecule has 4 heteroatoms. The minimum atomic E-state index is -0.0173. The SMILES string of the molecule is C[C@H]1CN(C(=O)CCc2ccco2)CC[C@@]1(C)c1cccc(O)c1. The van der Waals surface area contributed by atoms with Crippen LogP contribution in [-0.4, -0.2) is 29.0 Å². The van der Waals surface area contributed by atoms with Gasteiger partial charge in [0.15, 0.2) is 0 Å². The summed E-state index contributed by atoms with van der Waals surface area (Å²) in [5.74, 6) is 1.69. The van der Waals surface area contributed by atoms with Gasteiger partial charge in [-0.2, -0.15) is 0 Å². The van der Waals surface area contributed by atoms with Gasteiger partial charge in [0.1, 0.15) is 11.5 Å². The van der Waals surface area contributed by atoms with Gasteiger partial charge in [0.05, 0.1) is 6.26 Å². The van der Waals surface area contributed by atoms with Gasteiger partial charge in [0.2, 0.25) is 5.91 Å². The van der Waals surface area contributed by atoms with Crippen molar-refractivity contribution in [1.29, 1.82) is 0 Å². The molecule has 1 aliphatic heterocycles. The van der Waals surface area contributed by atoms with Crippen LogP contribution >= 0.6 is 0 Å². The van der Waals surface area contributed by atoms with E-state index in [9.17, 15) is 9.90 Å². The first kappa shape index (κ1) is 16.6. The fourth-order valence-electron chi connectivity index (χ4n) is 3.60. The summed E-state index contributed by atoms with van der Waals surface area (Å²) in [6, 6.07) is 11.3. The molecular weight excluding hydrogens is 302 g/mol. The Morgan fingerprint density at radius 3 is 2.88 bits per heavy atom.